The van der Waals surface area contributed by atoms with E-state index in [4.69, 9.17) is 5.11 Å². The lowest BCUT2D eigenvalue weighted by Crippen LogP contribution is -2.39. The topological polar surface area (TPSA) is 109 Å². The van der Waals surface area contributed by atoms with Crippen molar-refractivity contribution in [2.75, 3.05) is 5.32 Å². The molecule has 0 aliphatic heterocycles. The zero-order chi connectivity index (χ0) is 13.7. The first-order valence-electron chi connectivity index (χ1n) is 6.33. The van der Waals surface area contributed by atoms with Crippen molar-refractivity contribution in [3.63, 3.8) is 0 Å². The van der Waals surface area contributed by atoms with Gasteiger partial charge in [-0.1, -0.05) is 19.3 Å². The molecule has 1 heterocycles. The summed E-state index contributed by atoms with van der Waals surface area (Å²) in [4.78, 5) is 23.2. The van der Waals surface area contributed by atoms with E-state index in [0.717, 1.165) is 30.5 Å². The molecule has 2 rings (SSSR count). The van der Waals surface area contributed by atoms with Crippen LogP contribution in [0.5, 0.6) is 0 Å². The Hall–Kier alpha value is -2.12. The highest BCUT2D eigenvalue weighted by molar-refractivity contribution is 5.88. The third kappa shape index (κ3) is 4.23. The van der Waals surface area contributed by atoms with Crippen LogP contribution < -0.4 is 10.6 Å². The predicted octanol–water partition coefficient (Wildman–Crippen LogP) is 0.817. The number of hydrogen-bond acceptors (Lipinski definition) is 4. The molecular weight excluding hydrogens is 250 g/mol. The van der Waals surface area contributed by atoms with E-state index >= 15 is 0 Å². The summed E-state index contributed by atoms with van der Waals surface area (Å²) >= 11 is 0. The summed E-state index contributed by atoms with van der Waals surface area (Å²) in [6.45, 7) is -0.327. The fraction of sp³-hybridized carbons (Fsp3) is 0.636. The van der Waals surface area contributed by atoms with Crippen LogP contribution in [0.2, 0.25) is 0 Å². The summed E-state index contributed by atoms with van der Waals surface area (Å²) in [5, 5.41) is 21.6. The van der Waals surface area contributed by atoms with E-state index in [9.17, 15) is 9.59 Å². The summed E-state index contributed by atoms with van der Waals surface area (Å²) in [5.41, 5.74) is 0. The molecule has 0 bridgehead atoms. The van der Waals surface area contributed by atoms with E-state index in [2.05, 4.69) is 20.8 Å². The quantitative estimate of drug-likeness (QED) is 0.748. The number of urea groups is 1. The number of carboxylic acids is 1. The van der Waals surface area contributed by atoms with Gasteiger partial charge in [-0.2, -0.15) is 9.90 Å². The molecule has 1 aliphatic rings. The second kappa shape index (κ2) is 6.17. The van der Waals surface area contributed by atoms with E-state index in [1.54, 1.807) is 0 Å². The Bertz CT molecular complexity index is 453. The normalized spacial score (nSPS) is 16.0. The molecule has 1 aromatic heterocycles. The number of rotatable bonds is 4. The molecule has 8 heteroatoms. The summed E-state index contributed by atoms with van der Waals surface area (Å²) in [6, 6.07) is -0.114. The van der Waals surface area contributed by atoms with Crippen molar-refractivity contribution in [1.29, 1.82) is 0 Å². The van der Waals surface area contributed by atoms with Crippen LogP contribution in [0.15, 0.2) is 6.20 Å². The Labute approximate surface area is 110 Å². The molecule has 0 radical (unpaired) electrons. The second-order valence-corrected chi connectivity index (χ2v) is 4.59. The smallest absolute Gasteiger partial charge is 0.327 e. The SMILES string of the molecule is O=C(O)Cn1ncc(NC(=O)NC2CCCCC2)n1. The molecule has 1 aromatic rings. The molecule has 0 unspecified atom stereocenters. The van der Waals surface area contributed by atoms with Crippen LogP contribution in [0.25, 0.3) is 0 Å². The molecule has 3 N–H and O–H groups in total. The molecule has 104 valence electrons. The minimum absolute atomic E-state index is 0.211. The average Bonchev–Trinajstić information content (AvgIpc) is 2.76. The number of carbonyl (C=O) groups is 2. The number of carbonyl (C=O) groups excluding carboxylic acids is 1. The van der Waals surface area contributed by atoms with Crippen molar-refractivity contribution >= 4 is 17.8 Å². The van der Waals surface area contributed by atoms with E-state index < -0.39 is 5.97 Å². The van der Waals surface area contributed by atoms with Gasteiger partial charge in [0.1, 0.15) is 0 Å². The highest BCUT2D eigenvalue weighted by atomic mass is 16.4. The lowest BCUT2D eigenvalue weighted by Gasteiger charge is -2.22. The highest BCUT2D eigenvalue weighted by Crippen LogP contribution is 2.17. The van der Waals surface area contributed by atoms with Crippen molar-refractivity contribution in [3.05, 3.63) is 6.20 Å². The van der Waals surface area contributed by atoms with Gasteiger partial charge in [0.05, 0.1) is 6.20 Å². The van der Waals surface area contributed by atoms with Gasteiger partial charge in [0, 0.05) is 6.04 Å². The molecule has 8 nitrogen and oxygen atoms in total. The Morgan fingerprint density at radius 1 is 1.37 bits per heavy atom. The number of nitrogens with one attached hydrogen (secondary N) is 2. The Morgan fingerprint density at radius 2 is 2.11 bits per heavy atom. The van der Waals surface area contributed by atoms with E-state index in [-0.39, 0.29) is 24.4 Å². The van der Waals surface area contributed by atoms with Gasteiger partial charge in [-0.15, -0.1) is 5.10 Å². The maximum Gasteiger partial charge on any atom is 0.327 e. The molecular formula is C11H17N5O3. The molecule has 0 spiro atoms. The zero-order valence-electron chi connectivity index (χ0n) is 10.5. The first kappa shape index (κ1) is 13.3. The van der Waals surface area contributed by atoms with Crippen LogP contribution >= 0.6 is 0 Å². The van der Waals surface area contributed by atoms with E-state index in [1.165, 1.54) is 12.6 Å². The molecule has 1 aliphatic carbocycles. The average molecular weight is 267 g/mol. The number of nitrogens with zero attached hydrogens (tertiary/aromatic N) is 3. The van der Waals surface area contributed by atoms with Gasteiger partial charge in [-0.3, -0.25) is 10.1 Å². The van der Waals surface area contributed by atoms with Gasteiger partial charge in [-0.05, 0) is 12.8 Å². The van der Waals surface area contributed by atoms with Crippen molar-refractivity contribution in [2.45, 2.75) is 44.7 Å². The molecule has 19 heavy (non-hydrogen) atoms. The minimum Gasteiger partial charge on any atom is -0.480 e. The van der Waals surface area contributed by atoms with Gasteiger partial charge in [0.25, 0.3) is 0 Å². The first-order chi connectivity index (χ1) is 9.13. The monoisotopic (exact) mass is 267 g/mol. The largest absolute Gasteiger partial charge is 0.480 e. The number of aromatic nitrogens is 3. The maximum absolute atomic E-state index is 11.7. The predicted molar refractivity (Wildman–Crippen MR) is 66.7 cm³/mol. The Morgan fingerprint density at radius 3 is 2.79 bits per heavy atom. The lowest BCUT2D eigenvalue weighted by atomic mass is 9.96. The van der Waals surface area contributed by atoms with Gasteiger partial charge >= 0.3 is 12.0 Å². The fourth-order valence-electron chi connectivity index (χ4n) is 2.14. The molecule has 2 amide bonds. The maximum atomic E-state index is 11.7. The zero-order valence-corrected chi connectivity index (χ0v) is 10.5. The fourth-order valence-corrected chi connectivity index (χ4v) is 2.14. The van der Waals surface area contributed by atoms with Crippen LogP contribution in [-0.2, 0) is 11.3 Å². The Balaban J connectivity index is 1.81. The standard InChI is InChI=1S/C11H17N5O3/c17-10(18)7-16-12-6-9(15-16)14-11(19)13-8-4-2-1-3-5-8/h6,8H,1-5,7H2,(H,17,18)(H2,13,14,15,19). The first-order valence-corrected chi connectivity index (χ1v) is 6.33. The molecule has 0 atom stereocenters. The van der Waals surface area contributed by atoms with Gasteiger partial charge in [0.2, 0.25) is 0 Å². The molecule has 1 fully saturated rings. The van der Waals surface area contributed by atoms with E-state index in [1.807, 2.05) is 0 Å². The molecule has 0 aromatic carbocycles. The van der Waals surface area contributed by atoms with Crippen molar-refractivity contribution in [2.24, 2.45) is 0 Å². The van der Waals surface area contributed by atoms with Crippen LogP contribution in [-0.4, -0.2) is 38.1 Å². The molecule has 1 saturated carbocycles. The number of aliphatic carboxylic acids is 1. The molecule has 0 saturated heterocycles. The highest BCUT2D eigenvalue weighted by Gasteiger charge is 2.16. The van der Waals surface area contributed by atoms with Crippen LogP contribution in [0.1, 0.15) is 32.1 Å². The lowest BCUT2D eigenvalue weighted by molar-refractivity contribution is -0.138. The second-order valence-electron chi connectivity index (χ2n) is 4.59. The van der Waals surface area contributed by atoms with E-state index in [0.29, 0.717) is 0 Å². The third-order valence-electron chi connectivity index (χ3n) is 3.00. The minimum atomic E-state index is -1.03. The summed E-state index contributed by atoms with van der Waals surface area (Å²) in [5.74, 6) is -0.789. The summed E-state index contributed by atoms with van der Waals surface area (Å²) in [6.07, 6.45) is 6.82. The number of amides is 2. The van der Waals surface area contributed by atoms with Crippen LogP contribution in [0.3, 0.4) is 0 Å². The van der Waals surface area contributed by atoms with Crippen molar-refractivity contribution in [3.8, 4) is 0 Å². The number of carboxylic acid groups (broad SMARTS) is 1. The summed E-state index contributed by atoms with van der Waals surface area (Å²) < 4.78 is 0. The van der Waals surface area contributed by atoms with Crippen molar-refractivity contribution in [1.82, 2.24) is 20.3 Å². The Kier molecular flexibility index (Phi) is 4.32. The van der Waals surface area contributed by atoms with Gasteiger partial charge < -0.3 is 10.4 Å². The van der Waals surface area contributed by atoms with Crippen LogP contribution in [0.4, 0.5) is 10.6 Å². The number of anilines is 1. The number of hydrogen-bond donors (Lipinski definition) is 3. The van der Waals surface area contributed by atoms with Crippen molar-refractivity contribution < 1.29 is 14.7 Å². The van der Waals surface area contributed by atoms with Gasteiger partial charge in [-0.25, -0.2) is 4.79 Å². The van der Waals surface area contributed by atoms with Crippen LogP contribution in [0, 0.1) is 0 Å². The summed E-state index contributed by atoms with van der Waals surface area (Å²) in [7, 11) is 0. The third-order valence-corrected chi connectivity index (χ3v) is 3.00. The van der Waals surface area contributed by atoms with Gasteiger partial charge in [0.15, 0.2) is 12.4 Å².